The highest BCUT2D eigenvalue weighted by Gasteiger charge is 2.30. The summed E-state index contributed by atoms with van der Waals surface area (Å²) in [5, 5.41) is 3.89. The Morgan fingerprint density at radius 3 is 2.55 bits per heavy atom. The highest BCUT2D eigenvalue weighted by Crippen LogP contribution is 2.25. The number of ether oxygens (including phenoxy) is 1. The zero-order chi connectivity index (χ0) is 14.4. The molecule has 1 saturated heterocycles. The fourth-order valence-electron chi connectivity index (χ4n) is 2.78. The molecule has 0 amide bonds. The largest absolute Gasteiger partial charge is 0.381 e. The predicted octanol–water partition coefficient (Wildman–Crippen LogP) is 2.65. The van der Waals surface area contributed by atoms with Crippen LogP contribution in [0.4, 0.5) is 0 Å². The fourth-order valence-corrected chi connectivity index (χ4v) is 4.57. The molecule has 3 nitrogen and oxygen atoms in total. The molecule has 1 aromatic carbocycles. The molecular formula is C16H25NO2S. The highest BCUT2D eigenvalue weighted by atomic mass is 32.2. The monoisotopic (exact) mass is 295 g/mol. The van der Waals surface area contributed by atoms with Gasteiger partial charge in [-0.25, -0.2) is 0 Å². The summed E-state index contributed by atoms with van der Waals surface area (Å²) in [6.07, 6.45) is 1.84. The molecular weight excluding hydrogens is 270 g/mol. The van der Waals surface area contributed by atoms with Gasteiger partial charge in [0.2, 0.25) is 0 Å². The maximum atomic E-state index is 12.8. The van der Waals surface area contributed by atoms with Crippen molar-refractivity contribution in [2.24, 2.45) is 0 Å². The second-order valence-corrected chi connectivity index (χ2v) is 7.36. The van der Waals surface area contributed by atoms with Gasteiger partial charge < -0.3 is 10.1 Å². The number of hydrogen-bond acceptors (Lipinski definition) is 3. The van der Waals surface area contributed by atoms with E-state index in [-0.39, 0.29) is 16.5 Å². The summed E-state index contributed by atoms with van der Waals surface area (Å²) in [5.41, 5.74) is 1.22. The first kappa shape index (κ1) is 15.7. The van der Waals surface area contributed by atoms with Crippen molar-refractivity contribution >= 4 is 10.8 Å². The molecule has 1 aliphatic heterocycles. The van der Waals surface area contributed by atoms with Crippen LogP contribution in [0.3, 0.4) is 0 Å². The van der Waals surface area contributed by atoms with Crippen LogP contribution >= 0.6 is 0 Å². The second kappa shape index (κ2) is 7.91. The molecule has 0 saturated carbocycles. The van der Waals surface area contributed by atoms with E-state index in [1.807, 2.05) is 18.2 Å². The van der Waals surface area contributed by atoms with Crippen LogP contribution in [0.25, 0.3) is 0 Å². The lowest BCUT2D eigenvalue weighted by molar-refractivity contribution is 0.0990. The van der Waals surface area contributed by atoms with Crippen LogP contribution in [0.15, 0.2) is 30.3 Å². The average Bonchev–Trinajstić information content (AvgIpc) is 2.53. The zero-order valence-electron chi connectivity index (χ0n) is 12.4. The van der Waals surface area contributed by atoms with E-state index in [2.05, 4.69) is 31.3 Å². The molecule has 1 N–H and O–H groups in total. The lowest BCUT2D eigenvalue weighted by Gasteiger charge is -2.30. The quantitative estimate of drug-likeness (QED) is 0.877. The average molecular weight is 295 g/mol. The fraction of sp³-hybridized carbons (Fsp3) is 0.625. The van der Waals surface area contributed by atoms with E-state index in [0.29, 0.717) is 0 Å². The van der Waals surface area contributed by atoms with E-state index in [4.69, 9.17) is 4.74 Å². The van der Waals surface area contributed by atoms with Gasteiger partial charge in [0.1, 0.15) is 0 Å². The lowest BCUT2D eigenvalue weighted by Crippen LogP contribution is -2.38. The summed E-state index contributed by atoms with van der Waals surface area (Å²) < 4.78 is 18.2. The van der Waals surface area contributed by atoms with Crippen LogP contribution in [0.5, 0.6) is 0 Å². The summed E-state index contributed by atoms with van der Waals surface area (Å²) >= 11 is 0. The Hall–Kier alpha value is -0.710. The summed E-state index contributed by atoms with van der Waals surface area (Å²) in [6, 6.07) is 10.5. The third-order valence-corrected chi connectivity index (χ3v) is 6.05. The molecule has 1 aliphatic rings. The topological polar surface area (TPSA) is 38.3 Å². The predicted molar refractivity (Wildman–Crippen MR) is 84.3 cm³/mol. The van der Waals surface area contributed by atoms with Crippen molar-refractivity contribution in [3.05, 3.63) is 35.9 Å². The Morgan fingerprint density at radius 1 is 1.30 bits per heavy atom. The van der Waals surface area contributed by atoms with E-state index in [1.54, 1.807) is 0 Å². The minimum absolute atomic E-state index is 0.112. The SMILES string of the molecule is CCNC(c1ccccc1)C(C)S(=O)C1CCOCC1. The number of hydrogen-bond donors (Lipinski definition) is 1. The first-order valence-electron chi connectivity index (χ1n) is 7.49. The number of nitrogens with one attached hydrogen (secondary N) is 1. The Morgan fingerprint density at radius 2 is 1.95 bits per heavy atom. The zero-order valence-corrected chi connectivity index (χ0v) is 13.2. The van der Waals surface area contributed by atoms with Crippen molar-refractivity contribution in [1.82, 2.24) is 5.32 Å². The van der Waals surface area contributed by atoms with E-state index < -0.39 is 10.8 Å². The molecule has 3 unspecified atom stereocenters. The molecule has 0 spiro atoms. The van der Waals surface area contributed by atoms with E-state index >= 15 is 0 Å². The Kier molecular flexibility index (Phi) is 6.20. The Labute approximate surface area is 124 Å². The highest BCUT2D eigenvalue weighted by molar-refractivity contribution is 7.86. The van der Waals surface area contributed by atoms with Crippen molar-refractivity contribution in [3.63, 3.8) is 0 Å². The van der Waals surface area contributed by atoms with E-state index in [0.717, 1.165) is 32.6 Å². The third-order valence-electron chi connectivity index (χ3n) is 3.92. The van der Waals surface area contributed by atoms with Crippen LogP contribution in [0.2, 0.25) is 0 Å². The summed E-state index contributed by atoms with van der Waals surface area (Å²) in [5.74, 6) is 0. The van der Waals surface area contributed by atoms with E-state index in [1.165, 1.54) is 5.56 Å². The summed E-state index contributed by atoms with van der Waals surface area (Å²) in [6.45, 7) is 6.58. The molecule has 1 aromatic rings. The smallest absolute Gasteiger partial charge is 0.0517 e. The van der Waals surface area contributed by atoms with Gasteiger partial charge in [0.25, 0.3) is 0 Å². The normalized spacial score (nSPS) is 21.3. The van der Waals surface area contributed by atoms with Crippen LogP contribution in [0, 0.1) is 0 Å². The third kappa shape index (κ3) is 3.90. The molecule has 1 fully saturated rings. The lowest BCUT2D eigenvalue weighted by atomic mass is 10.0. The molecule has 0 aliphatic carbocycles. The van der Waals surface area contributed by atoms with Crippen molar-refractivity contribution in [3.8, 4) is 0 Å². The minimum Gasteiger partial charge on any atom is -0.381 e. The van der Waals surface area contributed by atoms with Gasteiger partial charge in [0.15, 0.2) is 0 Å². The van der Waals surface area contributed by atoms with Crippen LogP contribution in [0.1, 0.15) is 38.3 Å². The summed E-state index contributed by atoms with van der Waals surface area (Å²) in [7, 11) is -0.826. The van der Waals surface area contributed by atoms with Crippen LogP contribution < -0.4 is 5.32 Å². The summed E-state index contributed by atoms with van der Waals surface area (Å²) in [4.78, 5) is 0. The Balaban J connectivity index is 2.10. The van der Waals surface area contributed by atoms with Gasteiger partial charge in [-0.15, -0.1) is 0 Å². The molecule has 0 bridgehead atoms. The van der Waals surface area contributed by atoms with Crippen LogP contribution in [-0.4, -0.2) is 34.5 Å². The maximum absolute atomic E-state index is 12.8. The second-order valence-electron chi connectivity index (χ2n) is 5.29. The van der Waals surface area contributed by atoms with Gasteiger partial charge in [-0.2, -0.15) is 0 Å². The van der Waals surface area contributed by atoms with Gasteiger partial charge in [-0.3, -0.25) is 4.21 Å². The van der Waals surface area contributed by atoms with Gasteiger partial charge in [-0.05, 0) is 31.9 Å². The minimum atomic E-state index is -0.826. The molecule has 2 rings (SSSR count). The van der Waals surface area contributed by atoms with Gasteiger partial charge in [0, 0.05) is 35.3 Å². The molecule has 112 valence electrons. The number of rotatable bonds is 6. The van der Waals surface area contributed by atoms with Crippen molar-refractivity contribution in [2.45, 2.75) is 43.2 Å². The van der Waals surface area contributed by atoms with Gasteiger partial charge in [-0.1, -0.05) is 37.3 Å². The van der Waals surface area contributed by atoms with Crippen molar-refractivity contribution in [1.29, 1.82) is 0 Å². The van der Waals surface area contributed by atoms with E-state index in [9.17, 15) is 4.21 Å². The molecule has 20 heavy (non-hydrogen) atoms. The maximum Gasteiger partial charge on any atom is 0.0517 e. The Bertz CT molecular complexity index is 418. The van der Waals surface area contributed by atoms with Crippen molar-refractivity contribution in [2.75, 3.05) is 19.8 Å². The molecule has 0 radical (unpaired) electrons. The first-order valence-corrected chi connectivity index (χ1v) is 8.77. The molecule has 4 heteroatoms. The van der Waals surface area contributed by atoms with Crippen LogP contribution in [-0.2, 0) is 15.5 Å². The standard InChI is InChI=1S/C16H25NO2S/c1-3-17-16(14-7-5-4-6-8-14)13(2)20(18)15-9-11-19-12-10-15/h4-8,13,15-17H,3,9-12H2,1-2H3. The number of benzene rings is 1. The molecule has 3 atom stereocenters. The van der Waals surface area contributed by atoms with Gasteiger partial charge >= 0.3 is 0 Å². The van der Waals surface area contributed by atoms with Crippen molar-refractivity contribution < 1.29 is 8.95 Å². The van der Waals surface area contributed by atoms with Gasteiger partial charge in [0.05, 0.1) is 5.25 Å². The molecule has 0 aromatic heterocycles. The first-order chi connectivity index (χ1) is 9.74. The molecule has 1 heterocycles.